The van der Waals surface area contributed by atoms with E-state index in [9.17, 15) is 14.3 Å². The molecule has 0 amide bonds. The molecule has 0 unspecified atom stereocenters. The van der Waals surface area contributed by atoms with E-state index in [1.54, 1.807) is 24.3 Å². The second-order valence-corrected chi connectivity index (χ2v) is 5.01. The summed E-state index contributed by atoms with van der Waals surface area (Å²) in [5.41, 5.74) is 9.72. The van der Waals surface area contributed by atoms with Gasteiger partial charge < -0.3 is 5.11 Å². The third-order valence-electron chi connectivity index (χ3n) is 3.18. The number of carboxylic acids is 1. The summed E-state index contributed by atoms with van der Waals surface area (Å²) in [6.07, 6.45) is 0. The number of nitrogens with zero attached hydrogens (tertiary/aromatic N) is 3. The van der Waals surface area contributed by atoms with E-state index in [-0.39, 0.29) is 0 Å². The van der Waals surface area contributed by atoms with Gasteiger partial charge in [-0.25, -0.2) is 4.39 Å². The fourth-order valence-corrected chi connectivity index (χ4v) is 2.44. The molecule has 0 bridgehead atoms. The Morgan fingerprint density at radius 1 is 1.23 bits per heavy atom. The first-order chi connectivity index (χ1) is 10.5. The zero-order valence-corrected chi connectivity index (χ0v) is 12.0. The standard InChI is InChI=1S/C15H11ClFN3O2/c16-11-3-1-2-10(8-11)13(14(15(21)22)19-20-18)9-4-6-12(17)7-5-9/h1-8,13-14H,(H,21,22)/t13-,14-/m0/s1. The van der Waals surface area contributed by atoms with Crippen LogP contribution < -0.4 is 0 Å². The van der Waals surface area contributed by atoms with Crippen molar-refractivity contribution in [3.05, 3.63) is 80.9 Å². The van der Waals surface area contributed by atoms with Crippen LogP contribution in [-0.4, -0.2) is 17.1 Å². The van der Waals surface area contributed by atoms with Gasteiger partial charge in [-0.2, -0.15) is 0 Å². The maximum atomic E-state index is 13.1. The quantitative estimate of drug-likeness (QED) is 0.504. The Balaban J connectivity index is 2.60. The number of benzene rings is 2. The van der Waals surface area contributed by atoms with E-state index in [0.29, 0.717) is 16.1 Å². The highest BCUT2D eigenvalue weighted by atomic mass is 35.5. The van der Waals surface area contributed by atoms with E-state index in [2.05, 4.69) is 10.0 Å². The highest BCUT2D eigenvalue weighted by Crippen LogP contribution is 2.32. The second-order valence-electron chi connectivity index (χ2n) is 4.57. The molecule has 2 rings (SSSR count). The summed E-state index contributed by atoms with van der Waals surface area (Å²) in [4.78, 5) is 14.1. The number of carboxylic acid groups (broad SMARTS) is 1. The molecular formula is C15H11ClFN3O2. The summed E-state index contributed by atoms with van der Waals surface area (Å²) in [6, 6.07) is 10.6. The molecule has 0 radical (unpaired) electrons. The zero-order valence-electron chi connectivity index (χ0n) is 11.2. The molecule has 0 aliphatic heterocycles. The van der Waals surface area contributed by atoms with Gasteiger partial charge in [0.05, 0.1) is 0 Å². The number of carbonyl (C=O) groups is 1. The summed E-state index contributed by atoms with van der Waals surface area (Å²) in [6.45, 7) is 0. The summed E-state index contributed by atoms with van der Waals surface area (Å²) >= 11 is 5.95. The average molecular weight is 320 g/mol. The van der Waals surface area contributed by atoms with Gasteiger partial charge in [0.15, 0.2) is 0 Å². The monoisotopic (exact) mass is 319 g/mol. The van der Waals surface area contributed by atoms with Gasteiger partial charge in [-0.3, -0.25) is 4.79 Å². The van der Waals surface area contributed by atoms with Gasteiger partial charge in [-0.1, -0.05) is 41.0 Å². The average Bonchev–Trinajstić information content (AvgIpc) is 2.48. The van der Waals surface area contributed by atoms with Crippen molar-refractivity contribution in [1.82, 2.24) is 0 Å². The minimum Gasteiger partial charge on any atom is -0.481 e. The summed E-state index contributed by atoms with van der Waals surface area (Å²) < 4.78 is 13.1. The van der Waals surface area contributed by atoms with Crippen LogP contribution in [0.2, 0.25) is 5.02 Å². The predicted molar refractivity (Wildman–Crippen MR) is 80.3 cm³/mol. The van der Waals surface area contributed by atoms with Crippen LogP contribution in [-0.2, 0) is 4.79 Å². The summed E-state index contributed by atoms with van der Waals surface area (Å²) in [5, 5.41) is 13.1. The molecule has 1 N–H and O–H groups in total. The maximum Gasteiger partial charge on any atom is 0.313 e. The third kappa shape index (κ3) is 3.55. The molecule has 2 aromatic rings. The lowest BCUT2D eigenvalue weighted by atomic mass is 9.85. The van der Waals surface area contributed by atoms with Gasteiger partial charge >= 0.3 is 5.97 Å². The van der Waals surface area contributed by atoms with E-state index in [1.165, 1.54) is 24.3 Å². The summed E-state index contributed by atoms with van der Waals surface area (Å²) in [7, 11) is 0. The zero-order chi connectivity index (χ0) is 16.1. The first-order valence-corrected chi connectivity index (χ1v) is 6.68. The number of hydrogen-bond acceptors (Lipinski definition) is 2. The molecule has 2 atom stereocenters. The van der Waals surface area contributed by atoms with Crippen LogP contribution >= 0.6 is 11.6 Å². The third-order valence-corrected chi connectivity index (χ3v) is 3.42. The molecule has 0 aliphatic rings. The van der Waals surface area contributed by atoms with Crippen molar-refractivity contribution in [2.45, 2.75) is 12.0 Å². The van der Waals surface area contributed by atoms with E-state index in [0.717, 1.165) is 0 Å². The molecule has 5 nitrogen and oxygen atoms in total. The second kappa shape index (κ2) is 6.93. The highest BCUT2D eigenvalue weighted by Gasteiger charge is 2.30. The topological polar surface area (TPSA) is 86.1 Å². The van der Waals surface area contributed by atoms with Gasteiger partial charge in [0.2, 0.25) is 0 Å². The highest BCUT2D eigenvalue weighted by molar-refractivity contribution is 6.30. The Morgan fingerprint density at radius 3 is 2.45 bits per heavy atom. The molecule has 0 spiro atoms. The Kier molecular flexibility index (Phi) is 4.99. The lowest BCUT2D eigenvalue weighted by molar-refractivity contribution is -0.138. The van der Waals surface area contributed by atoms with Crippen LogP contribution in [0.4, 0.5) is 4.39 Å². The first kappa shape index (κ1) is 15.8. The van der Waals surface area contributed by atoms with Gasteiger partial charge in [0.25, 0.3) is 0 Å². The predicted octanol–water partition coefficient (Wildman–Crippen LogP) is 4.37. The van der Waals surface area contributed by atoms with Crippen molar-refractivity contribution < 1.29 is 14.3 Å². The molecule has 22 heavy (non-hydrogen) atoms. The van der Waals surface area contributed by atoms with E-state index in [1.807, 2.05) is 0 Å². The smallest absolute Gasteiger partial charge is 0.313 e. The molecule has 0 saturated carbocycles. The van der Waals surface area contributed by atoms with Crippen LogP contribution in [0, 0.1) is 5.82 Å². The van der Waals surface area contributed by atoms with Crippen LogP contribution in [0.15, 0.2) is 53.6 Å². The number of hydrogen-bond donors (Lipinski definition) is 1. The Bertz CT molecular complexity index is 728. The van der Waals surface area contributed by atoms with Crippen molar-refractivity contribution in [2.24, 2.45) is 5.11 Å². The van der Waals surface area contributed by atoms with Crippen LogP contribution in [0.5, 0.6) is 0 Å². The summed E-state index contributed by atoms with van der Waals surface area (Å²) in [5.74, 6) is -2.48. The fraction of sp³-hybridized carbons (Fsp3) is 0.133. The lowest BCUT2D eigenvalue weighted by Gasteiger charge is -2.22. The first-order valence-electron chi connectivity index (χ1n) is 6.31. The van der Waals surface area contributed by atoms with Crippen LogP contribution in [0.25, 0.3) is 10.4 Å². The largest absolute Gasteiger partial charge is 0.481 e. The number of rotatable bonds is 5. The Labute approximate surface area is 130 Å². The molecule has 2 aromatic carbocycles. The normalized spacial score (nSPS) is 13.0. The van der Waals surface area contributed by atoms with Crippen molar-refractivity contribution in [3.8, 4) is 0 Å². The van der Waals surface area contributed by atoms with Crippen molar-refractivity contribution >= 4 is 17.6 Å². The molecule has 112 valence electrons. The molecule has 7 heteroatoms. The van der Waals surface area contributed by atoms with E-state index < -0.39 is 23.7 Å². The molecular weight excluding hydrogens is 309 g/mol. The SMILES string of the molecule is [N-]=[N+]=N[C@H](C(=O)O)[C@@H](c1ccc(F)cc1)c1cccc(Cl)c1. The minimum absolute atomic E-state index is 0.426. The van der Waals surface area contributed by atoms with E-state index in [4.69, 9.17) is 17.1 Å². The molecule has 0 aromatic heterocycles. The van der Waals surface area contributed by atoms with Gasteiger partial charge in [0.1, 0.15) is 11.9 Å². The number of aliphatic carboxylic acids is 1. The molecule has 0 saturated heterocycles. The Hall–Kier alpha value is -2.56. The van der Waals surface area contributed by atoms with Crippen molar-refractivity contribution in [2.75, 3.05) is 0 Å². The molecule has 0 fully saturated rings. The number of halogens is 2. The van der Waals surface area contributed by atoms with Crippen molar-refractivity contribution in [1.29, 1.82) is 0 Å². The molecule has 0 heterocycles. The maximum absolute atomic E-state index is 13.1. The molecule has 0 aliphatic carbocycles. The van der Waals surface area contributed by atoms with Crippen LogP contribution in [0.1, 0.15) is 17.0 Å². The van der Waals surface area contributed by atoms with Gasteiger partial charge in [0, 0.05) is 15.9 Å². The van der Waals surface area contributed by atoms with Gasteiger partial charge in [-0.15, -0.1) is 0 Å². The van der Waals surface area contributed by atoms with E-state index >= 15 is 0 Å². The van der Waals surface area contributed by atoms with Gasteiger partial charge in [-0.05, 0) is 40.9 Å². The lowest BCUT2D eigenvalue weighted by Crippen LogP contribution is -2.26. The minimum atomic E-state index is -1.37. The van der Waals surface area contributed by atoms with Crippen molar-refractivity contribution in [3.63, 3.8) is 0 Å². The Morgan fingerprint density at radius 2 is 1.91 bits per heavy atom. The van der Waals surface area contributed by atoms with Crippen LogP contribution in [0.3, 0.4) is 0 Å². The number of azide groups is 1. The fourth-order valence-electron chi connectivity index (χ4n) is 2.24.